The molecule has 0 saturated carbocycles. The van der Waals surface area contributed by atoms with Crippen molar-refractivity contribution in [3.05, 3.63) is 45.7 Å². The van der Waals surface area contributed by atoms with Crippen molar-refractivity contribution < 1.29 is 19.1 Å². The second-order valence-electron chi connectivity index (χ2n) is 6.46. The Kier molecular flexibility index (Phi) is 6.41. The number of amides is 2. The molecule has 2 heterocycles. The van der Waals surface area contributed by atoms with E-state index in [0.29, 0.717) is 12.8 Å². The number of esters is 1. The summed E-state index contributed by atoms with van der Waals surface area (Å²) in [4.78, 5) is 38.4. The highest BCUT2D eigenvalue weighted by atomic mass is 35.5. The predicted molar refractivity (Wildman–Crippen MR) is 108 cm³/mol. The van der Waals surface area contributed by atoms with Crippen LogP contribution in [0.5, 0.6) is 0 Å². The van der Waals surface area contributed by atoms with E-state index in [1.807, 2.05) is 0 Å². The van der Waals surface area contributed by atoms with Gasteiger partial charge in [0.1, 0.15) is 6.10 Å². The number of ether oxygens (including phenoxy) is 1. The minimum Gasteiger partial charge on any atom is -0.457 e. The Morgan fingerprint density at radius 2 is 1.86 bits per heavy atom. The van der Waals surface area contributed by atoms with Gasteiger partial charge < -0.3 is 20.7 Å². The Labute approximate surface area is 176 Å². The number of hydrogen-bond acceptors (Lipinski definition) is 6. The molecule has 0 atom stereocenters. The third kappa shape index (κ3) is 4.52. The first-order chi connectivity index (χ1) is 13.8. The number of piperidine rings is 1. The first-order valence-corrected chi connectivity index (χ1v) is 9.58. The number of hydrogen-bond donors (Lipinski definition) is 2. The fourth-order valence-electron chi connectivity index (χ4n) is 2.97. The van der Waals surface area contributed by atoms with Gasteiger partial charge in [0.15, 0.2) is 5.69 Å². The maximum absolute atomic E-state index is 13.0. The molecule has 9 nitrogen and oxygen atoms in total. The second-order valence-corrected chi connectivity index (χ2v) is 7.28. The van der Waals surface area contributed by atoms with Gasteiger partial charge in [-0.1, -0.05) is 29.3 Å². The maximum atomic E-state index is 13.0. The monoisotopic (exact) mass is 439 g/mol. The summed E-state index contributed by atoms with van der Waals surface area (Å²) in [5.41, 5.74) is 5.17. The molecule has 3 N–H and O–H groups in total. The fourth-order valence-corrected chi connectivity index (χ4v) is 3.53. The number of rotatable bonds is 4. The van der Waals surface area contributed by atoms with Crippen LogP contribution >= 0.6 is 23.2 Å². The highest BCUT2D eigenvalue weighted by molar-refractivity contribution is 6.40. The number of carbonyl (C=O) groups excluding carboxylic acids is 3. The van der Waals surface area contributed by atoms with E-state index < -0.39 is 17.9 Å². The van der Waals surface area contributed by atoms with Gasteiger partial charge in [-0.15, -0.1) is 0 Å². The van der Waals surface area contributed by atoms with E-state index in [1.54, 1.807) is 6.07 Å². The summed E-state index contributed by atoms with van der Waals surface area (Å²) >= 11 is 12.2. The van der Waals surface area contributed by atoms with Crippen LogP contribution in [0, 0.1) is 0 Å². The third-order valence-corrected chi connectivity index (χ3v) is 5.15. The zero-order valence-corrected chi connectivity index (χ0v) is 17.0. The van der Waals surface area contributed by atoms with Gasteiger partial charge in [-0.2, -0.15) is 9.78 Å². The van der Waals surface area contributed by atoms with Crippen molar-refractivity contribution in [2.24, 2.45) is 5.73 Å². The van der Waals surface area contributed by atoms with Crippen LogP contribution in [0.1, 0.15) is 33.7 Å². The lowest BCUT2D eigenvalue weighted by atomic mass is 10.1. The Balaban J connectivity index is 1.93. The van der Waals surface area contributed by atoms with E-state index in [9.17, 15) is 14.4 Å². The van der Waals surface area contributed by atoms with Gasteiger partial charge in [0.25, 0.3) is 5.91 Å². The summed E-state index contributed by atoms with van der Waals surface area (Å²) in [6.07, 6.45) is 2.21. The van der Waals surface area contributed by atoms with Gasteiger partial charge in [-0.05, 0) is 38.1 Å². The third-order valence-electron chi connectivity index (χ3n) is 4.52. The SMILES string of the molecule is CN(C(=O)c1c(Cl)cccc1Cl)c1cn(C(N)=O)nc1C(=O)OC1CCNCC1. The molecule has 0 radical (unpaired) electrons. The summed E-state index contributed by atoms with van der Waals surface area (Å²) < 4.78 is 6.27. The van der Waals surface area contributed by atoms with Crippen molar-refractivity contribution in [3.63, 3.8) is 0 Å². The topological polar surface area (TPSA) is 120 Å². The average Bonchev–Trinajstić information content (AvgIpc) is 3.14. The van der Waals surface area contributed by atoms with Crippen molar-refractivity contribution in [1.29, 1.82) is 0 Å². The predicted octanol–water partition coefficient (Wildman–Crippen LogP) is 2.30. The van der Waals surface area contributed by atoms with E-state index in [4.69, 9.17) is 33.7 Å². The van der Waals surface area contributed by atoms with Crippen LogP contribution in [0.3, 0.4) is 0 Å². The molecule has 0 bridgehead atoms. The summed E-state index contributed by atoms with van der Waals surface area (Å²) in [5.74, 6) is -1.34. The largest absolute Gasteiger partial charge is 0.457 e. The van der Waals surface area contributed by atoms with Crippen LogP contribution in [0.2, 0.25) is 10.0 Å². The molecule has 1 aromatic carbocycles. The molecule has 2 amide bonds. The van der Waals surface area contributed by atoms with Gasteiger partial charge in [0, 0.05) is 7.05 Å². The van der Waals surface area contributed by atoms with E-state index >= 15 is 0 Å². The number of nitrogens with two attached hydrogens (primary N) is 1. The normalized spacial score (nSPS) is 14.4. The van der Waals surface area contributed by atoms with E-state index in [2.05, 4.69) is 10.4 Å². The zero-order chi connectivity index (χ0) is 21.1. The molecule has 1 saturated heterocycles. The van der Waals surface area contributed by atoms with Crippen LogP contribution in [0.25, 0.3) is 0 Å². The number of aromatic nitrogens is 2. The number of benzene rings is 1. The Bertz CT molecular complexity index is 935. The number of nitrogens with zero attached hydrogens (tertiary/aromatic N) is 3. The molecule has 1 fully saturated rings. The number of primary amides is 1. The van der Waals surface area contributed by atoms with E-state index in [-0.39, 0.29) is 33.1 Å². The van der Waals surface area contributed by atoms with Gasteiger partial charge in [-0.3, -0.25) is 4.79 Å². The van der Waals surface area contributed by atoms with Gasteiger partial charge in [-0.25, -0.2) is 9.59 Å². The lowest BCUT2D eigenvalue weighted by Crippen LogP contribution is -2.34. The summed E-state index contributed by atoms with van der Waals surface area (Å²) in [6, 6.07) is 3.74. The molecular formula is C18H19Cl2N5O4. The zero-order valence-electron chi connectivity index (χ0n) is 15.5. The molecular weight excluding hydrogens is 421 g/mol. The molecule has 3 rings (SSSR count). The lowest BCUT2D eigenvalue weighted by molar-refractivity contribution is 0.0223. The lowest BCUT2D eigenvalue weighted by Gasteiger charge is -2.23. The number of halogens is 2. The van der Waals surface area contributed by atoms with Crippen LogP contribution in [0.4, 0.5) is 10.5 Å². The summed E-state index contributed by atoms with van der Waals surface area (Å²) in [6.45, 7) is 1.45. The maximum Gasteiger partial charge on any atom is 0.361 e. The van der Waals surface area contributed by atoms with Crippen molar-refractivity contribution in [3.8, 4) is 0 Å². The molecule has 154 valence electrons. The van der Waals surface area contributed by atoms with Gasteiger partial charge in [0.05, 0.1) is 27.5 Å². The highest BCUT2D eigenvalue weighted by Gasteiger charge is 2.29. The molecule has 0 unspecified atom stereocenters. The Hall–Kier alpha value is -2.62. The minimum atomic E-state index is -0.913. The molecule has 1 aromatic heterocycles. The van der Waals surface area contributed by atoms with Crippen LogP contribution < -0.4 is 16.0 Å². The molecule has 11 heteroatoms. The summed E-state index contributed by atoms with van der Waals surface area (Å²) in [7, 11) is 1.41. The smallest absolute Gasteiger partial charge is 0.361 e. The van der Waals surface area contributed by atoms with Gasteiger partial charge >= 0.3 is 12.0 Å². The second kappa shape index (κ2) is 8.81. The van der Waals surface area contributed by atoms with Crippen molar-refractivity contribution in [1.82, 2.24) is 15.1 Å². The molecule has 2 aromatic rings. The Morgan fingerprint density at radius 3 is 2.45 bits per heavy atom. The molecule has 1 aliphatic heterocycles. The van der Waals surface area contributed by atoms with Crippen LogP contribution in [-0.2, 0) is 4.74 Å². The number of carbonyl (C=O) groups is 3. The molecule has 1 aliphatic rings. The van der Waals surface area contributed by atoms with Crippen LogP contribution in [-0.4, -0.2) is 53.9 Å². The number of anilines is 1. The standard InChI is InChI=1S/C18H19Cl2N5O4/c1-24(16(26)14-11(19)3-2-4-12(14)20)13-9-25(18(21)28)23-15(13)17(27)29-10-5-7-22-8-6-10/h2-4,9-10,22H,5-8H2,1H3,(H2,21,28). The van der Waals surface area contributed by atoms with Gasteiger partial charge in [0.2, 0.25) is 0 Å². The minimum absolute atomic E-state index is 0.0451. The highest BCUT2D eigenvalue weighted by Crippen LogP contribution is 2.29. The summed E-state index contributed by atoms with van der Waals surface area (Å²) in [5, 5.41) is 7.38. The molecule has 29 heavy (non-hydrogen) atoms. The quantitative estimate of drug-likeness (QED) is 0.705. The average molecular weight is 440 g/mol. The van der Waals surface area contributed by atoms with Crippen molar-refractivity contribution >= 4 is 46.8 Å². The Morgan fingerprint density at radius 1 is 1.24 bits per heavy atom. The molecule has 0 spiro atoms. The van der Waals surface area contributed by atoms with E-state index in [1.165, 1.54) is 25.4 Å². The van der Waals surface area contributed by atoms with Crippen molar-refractivity contribution in [2.45, 2.75) is 18.9 Å². The number of nitrogens with one attached hydrogen (secondary N) is 1. The van der Waals surface area contributed by atoms with E-state index in [0.717, 1.165) is 22.7 Å². The van der Waals surface area contributed by atoms with Crippen molar-refractivity contribution in [2.75, 3.05) is 25.0 Å². The first kappa shape index (κ1) is 21.1. The van der Waals surface area contributed by atoms with Crippen LogP contribution in [0.15, 0.2) is 24.4 Å². The molecule has 0 aliphatic carbocycles. The fraction of sp³-hybridized carbons (Fsp3) is 0.333. The first-order valence-electron chi connectivity index (χ1n) is 8.82.